The van der Waals surface area contributed by atoms with Gasteiger partial charge >= 0.3 is 7.60 Å². The average molecular weight is 323 g/mol. The van der Waals surface area contributed by atoms with E-state index in [1.165, 1.54) is 0 Å². The molecule has 1 N–H and O–H groups in total. The molecule has 0 saturated carbocycles. The highest BCUT2D eigenvalue weighted by atomic mass is 31.2. The fourth-order valence-electron chi connectivity index (χ4n) is 2.17. The molecule has 0 radical (unpaired) electrons. The maximum atomic E-state index is 13.1. The second-order valence-electron chi connectivity index (χ2n) is 4.66. The van der Waals surface area contributed by atoms with E-state index in [1.807, 2.05) is 30.3 Å². The number of hydrogen-bond donors (Lipinski definition) is 1. The summed E-state index contributed by atoms with van der Waals surface area (Å²) in [6, 6.07) is 13.4. The van der Waals surface area contributed by atoms with Crippen LogP contribution >= 0.6 is 7.60 Å². The first-order valence-corrected chi connectivity index (χ1v) is 9.00. The third kappa shape index (κ3) is 4.31. The zero-order chi connectivity index (χ0) is 15.8. The molecule has 0 bridgehead atoms. The predicted octanol–water partition coefficient (Wildman–Crippen LogP) is 4.33. The largest absolute Gasteiger partial charge is 0.467 e. The topological polar surface area (TPSA) is 60.7 Å². The van der Waals surface area contributed by atoms with Crippen LogP contribution in [-0.4, -0.2) is 13.2 Å². The van der Waals surface area contributed by atoms with Crippen LogP contribution in [0.15, 0.2) is 53.1 Å². The summed E-state index contributed by atoms with van der Waals surface area (Å²) in [6.07, 6.45) is 1.55. The summed E-state index contributed by atoms with van der Waals surface area (Å²) in [5.41, 5.74) is 1.08. The molecule has 2 rings (SSSR count). The highest BCUT2D eigenvalue weighted by Gasteiger charge is 2.38. The van der Waals surface area contributed by atoms with Crippen LogP contribution in [0.4, 0.5) is 0 Å². The Morgan fingerprint density at radius 3 is 2.32 bits per heavy atom. The van der Waals surface area contributed by atoms with E-state index in [0.29, 0.717) is 25.5 Å². The molecule has 0 aliphatic carbocycles. The molecule has 0 saturated heterocycles. The Bertz CT molecular complexity index is 575. The summed E-state index contributed by atoms with van der Waals surface area (Å²) in [5.74, 6) is -0.0937. The molecule has 1 aromatic heterocycles. The maximum absolute atomic E-state index is 13.1. The van der Waals surface area contributed by atoms with E-state index in [2.05, 4.69) is 5.32 Å². The summed E-state index contributed by atoms with van der Waals surface area (Å²) in [6.45, 7) is 4.74. The minimum atomic E-state index is -3.36. The Morgan fingerprint density at radius 2 is 1.77 bits per heavy atom. The third-order valence-corrected chi connectivity index (χ3v) is 5.40. The minimum Gasteiger partial charge on any atom is -0.467 e. The van der Waals surface area contributed by atoms with Gasteiger partial charge in [-0.25, -0.2) is 0 Å². The molecule has 0 aliphatic heterocycles. The molecule has 5 nitrogen and oxygen atoms in total. The average Bonchev–Trinajstić information content (AvgIpc) is 3.03. The number of rotatable bonds is 9. The number of benzene rings is 1. The van der Waals surface area contributed by atoms with Gasteiger partial charge in [-0.05, 0) is 31.5 Å². The third-order valence-electron chi connectivity index (χ3n) is 3.09. The first kappa shape index (κ1) is 17.0. The Hall–Kier alpha value is -1.39. The molecule has 2 aromatic rings. The predicted molar refractivity (Wildman–Crippen MR) is 85.6 cm³/mol. The van der Waals surface area contributed by atoms with Crippen molar-refractivity contribution in [3.8, 4) is 0 Å². The molecule has 0 spiro atoms. The second kappa shape index (κ2) is 8.30. The lowest BCUT2D eigenvalue weighted by Crippen LogP contribution is -2.23. The molecular formula is C16H22NO4P. The smallest absolute Gasteiger partial charge is 0.355 e. The lowest BCUT2D eigenvalue weighted by molar-refractivity contribution is 0.203. The van der Waals surface area contributed by atoms with Crippen molar-refractivity contribution in [2.45, 2.75) is 26.2 Å². The Labute approximate surface area is 131 Å². The van der Waals surface area contributed by atoms with Crippen molar-refractivity contribution in [1.29, 1.82) is 0 Å². The number of hydrogen-bond acceptors (Lipinski definition) is 5. The highest BCUT2D eigenvalue weighted by molar-refractivity contribution is 7.54. The van der Waals surface area contributed by atoms with Crippen LogP contribution in [0.25, 0.3) is 0 Å². The monoisotopic (exact) mass is 323 g/mol. The van der Waals surface area contributed by atoms with Gasteiger partial charge in [0.2, 0.25) is 0 Å². The molecule has 1 unspecified atom stereocenters. The van der Waals surface area contributed by atoms with E-state index in [4.69, 9.17) is 13.5 Å². The van der Waals surface area contributed by atoms with Gasteiger partial charge in [0.25, 0.3) is 0 Å². The van der Waals surface area contributed by atoms with Crippen LogP contribution in [0.1, 0.15) is 31.0 Å². The molecular weight excluding hydrogens is 301 g/mol. The van der Waals surface area contributed by atoms with Crippen LogP contribution in [0.5, 0.6) is 0 Å². The first-order chi connectivity index (χ1) is 10.7. The lowest BCUT2D eigenvalue weighted by Gasteiger charge is -2.25. The molecule has 22 heavy (non-hydrogen) atoms. The summed E-state index contributed by atoms with van der Waals surface area (Å²) in [4.78, 5) is 0. The second-order valence-corrected chi connectivity index (χ2v) is 6.77. The summed E-state index contributed by atoms with van der Waals surface area (Å²) in [5, 5.41) is 3.24. The minimum absolute atomic E-state index is 0.307. The van der Waals surface area contributed by atoms with E-state index in [1.54, 1.807) is 32.2 Å². The zero-order valence-corrected chi connectivity index (χ0v) is 13.8. The molecule has 0 aliphatic rings. The van der Waals surface area contributed by atoms with Crippen molar-refractivity contribution in [1.82, 2.24) is 5.32 Å². The van der Waals surface area contributed by atoms with Gasteiger partial charge in [-0.2, -0.15) is 0 Å². The van der Waals surface area contributed by atoms with Crippen molar-refractivity contribution < 1.29 is 18.0 Å². The summed E-state index contributed by atoms with van der Waals surface area (Å²) < 4.78 is 29.4. The van der Waals surface area contributed by atoms with Crippen LogP contribution in [0.2, 0.25) is 0 Å². The van der Waals surface area contributed by atoms with Crippen molar-refractivity contribution in [3.63, 3.8) is 0 Å². The fraction of sp³-hybridized carbons (Fsp3) is 0.375. The summed E-state index contributed by atoms with van der Waals surface area (Å²) in [7, 11) is -3.36. The van der Waals surface area contributed by atoms with Crippen molar-refractivity contribution >= 4 is 7.60 Å². The number of nitrogens with one attached hydrogen (secondary N) is 1. The Kier molecular flexibility index (Phi) is 6.40. The molecule has 0 fully saturated rings. The number of furan rings is 1. The van der Waals surface area contributed by atoms with Gasteiger partial charge in [0.1, 0.15) is 5.76 Å². The fourth-order valence-corrected chi connectivity index (χ4v) is 4.04. The zero-order valence-electron chi connectivity index (χ0n) is 12.9. The van der Waals surface area contributed by atoms with Crippen LogP contribution in [0.3, 0.4) is 0 Å². The standard InChI is InChI=1S/C16H22NO4P/c1-3-20-22(18,21-4-2)16(15-11-8-12-19-15)17-13-14-9-6-5-7-10-14/h5-12,16-17H,3-4,13H2,1-2H3. The van der Waals surface area contributed by atoms with E-state index in [0.717, 1.165) is 5.56 Å². The van der Waals surface area contributed by atoms with Crippen LogP contribution < -0.4 is 5.32 Å². The van der Waals surface area contributed by atoms with Gasteiger partial charge in [-0.1, -0.05) is 30.3 Å². The molecule has 1 heterocycles. The lowest BCUT2D eigenvalue weighted by atomic mass is 10.2. The van der Waals surface area contributed by atoms with Crippen molar-refractivity contribution in [2.75, 3.05) is 13.2 Å². The van der Waals surface area contributed by atoms with E-state index < -0.39 is 13.4 Å². The first-order valence-electron chi connectivity index (χ1n) is 7.39. The van der Waals surface area contributed by atoms with E-state index >= 15 is 0 Å². The van der Waals surface area contributed by atoms with Gasteiger partial charge in [0, 0.05) is 6.54 Å². The maximum Gasteiger partial charge on any atom is 0.355 e. The van der Waals surface area contributed by atoms with Gasteiger partial charge in [0.05, 0.1) is 19.5 Å². The molecule has 120 valence electrons. The van der Waals surface area contributed by atoms with Crippen LogP contribution in [0, 0.1) is 0 Å². The van der Waals surface area contributed by atoms with Crippen molar-refractivity contribution in [2.24, 2.45) is 0 Å². The SMILES string of the molecule is CCOP(=O)(OCC)C(NCc1ccccc1)c1ccco1. The Balaban J connectivity index is 2.20. The van der Waals surface area contributed by atoms with E-state index in [9.17, 15) is 4.57 Å². The summed E-state index contributed by atoms with van der Waals surface area (Å²) >= 11 is 0. The quantitative estimate of drug-likeness (QED) is 0.696. The van der Waals surface area contributed by atoms with Gasteiger partial charge < -0.3 is 13.5 Å². The van der Waals surface area contributed by atoms with Crippen LogP contribution in [-0.2, 0) is 20.2 Å². The molecule has 6 heteroatoms. The molecule has 1 atom stereocenters. The Morgan fingerprint density at radius 1 is 1.09 bits per heavy atom. The normalized spacial score (nSPS) is 13.2. The molecule has 1 aromatic carbocycles. The highest BCUT2D eigenvalue weighted by Crippen LogP contribution is 2.59. The van der Waals surface area contributed by atoms with Crippen molar-refractivity contribution in [3.05, 3.63) is 60.1 Å². The van der Waals surface area contributed by atoms with Gasteiger partial charge in [0.15, 0.2) is 5.78 Å². The van der Waals surface area contributed by atoms with Gasteiger partial charge in [-0.3, -0.25) is 9.88 Å². The van der Waals surface area contributed by atoms with E-state index in [-0.39, 0.29) is 0 Å². The molecule has 0 amide bonds. The van der Waals surface area contributed by atoms with Gasteiger partial charge in [-0.15, -0.1) is 0 Å².